The Morgan fingerprint density at radius 3 is 2.71 bits per heavy atom. The van der Waals surface area contributed by atoms with Gasteiger partial charge in [0.05, 0.1) is 6.54 Å². The molecular weight excluding hydrogens is 335 g/mol. The van der Waals surface area contributed by atoms with Crippen molar-refractivity contribution in [1.29, 1.82) is 0 Å². The molecule has 0 saturated carbocycles. The summed E-state index contributed by atoms with van der Waals surface area (Å²) in [6.45, 7) is 0.191. The van der Waals surface area contributed by atoms with Gasteiger partial charge < -0.3 is 20.9 Å². The van der Waals surface area contributed by atoms with Crippen molar-refractivity contribution in [3.8, 4) is 5.75 Å². The van der Waals surface area contributed by atoms with E-state index >= 15 is 0 Å². The summed E-state index contributed by atoms with van der Waals surface area (Å²) in [6, 6.07) is 7.48. The van der Waals surface area contributed by atoms with Crippen LogP contribution in [-0.4, -0.2) is 36.8 Å². The second-order valence-corrected chi connectivity index (χ2v) is 4.67. The largest absolute Gasteiger partial charge is 0.491 e. The van der Waals surface area contributed by atoms with Gasteiger partial charge in [0, 0.05) is 10.1 Å². The minimum absolute atomic E-state index is 0.0787. The zero-order valence-corrected chi connectivity index (χ0v) is 11.4. The molecule has 1 aromatic rings. The van der Waals surface area contributed by atoms with Crippen LogP contribution >= 0.6 is 22.6 Å². The topological polar surface area (TPSA) is 84.6 Å². The predicted molar refractivity (Wildman–Crippen MR) is 72.7 cm³/mol. The van der Waals surface area contributed by atoms with Crippen LogP contribution in [0.2, 0.25) is 0 Å². The fraction of sp³-hybridized carbons (Fsp3) is 0.364. The van der Waals surface area contributed by atoms with E-state index in [1.54, 1.807) is 0 Å². The van der Waals surface area contributed by atoms with Gasteiger partial charge in [-0.05, 0) is 46.9 Å². The first-order valence-corrected chi connectivity index (χ1v) is 6.23. The van der Waals surface area contributed by atoms with E-state index in [9.17, 15) is 9.90 Å². The molecule has 5 nitrogen and oxygen atoms in total. The van der Waals surface area contributed by atoms with Gasteiger partial charge in [0.1, 0.15) is 18.5 Å². The highest BCUT2D eigenvalue weighted by Crippen LogP contribution is 2.13. The summed E-state index contributed by atoms with van der Waals surface area (Å²) in [6.07, 6.45) is -0.746. The van der Waals surface area contributed by atoms with Crippen LogP contribution in [0.15, 0.2) is 24.3 Å². The van der Waals surface area contributed by atoms with E-state index in [4.69, 9.17) is 10.5 Å². The van der Waals surface area contributed by atoms with Gasteiger partial charge in [0.2, 0.25) is 5.91 Å². The molecule has 17 heavy (non-hydrogen) atoms. The van der Waals surface area contributed by atoms with Crippen molar-refractivity contribution in [3.05, 3.63) is 27.8 Å². The number of hydrogen-bond acceptors (Lipinski definition) is 4. The van der Waals surface area contributed by atoms with Gasteiger partial charge in [-0.1, -0.05) is 0 Å². The number of aliphatic hydroxyl groups is 1. The van der Waals surface area contributed by atoms with Crippen molar-refractivity contribution in [3.63, 3.8) is 0 Å². The number of amides is 1. The monoisotopic (exact) mass is 350 g/mol. The number of benzene rings is 1. The van der Waals surface area contributed by atoms with Crippen LogP contribution in [0, 0.1) is 3.57 Å². The summed E-state index contributed by atoms with van der Waals surface area (Å²) in [7, 11) is 0. The van der Waals surface area contributed by atoms with Crippen molar-refractivity contribution in [2.24, 2.45) is 5.73 Å². The standard InChI is InChI=1S/C11H15IN2O3/c12-8-1-3-10(4-2-8)17-7-9(15)6-14-11(16)5-13/h1-4,9,15H,5-7,13H2,(H,14,16). The lowest BCUT2D eigenvalue weighted by Gasteiger charge is -2.12. The van der Waals surface area contributed by atoms with Crippen LogP contribution in [0.25, 0.3) is 0 Å². The Morgan fingerprint density at radius 2 is 2.12 bits per heavy atom. The van der Waals surface area contributed by atoms with E-state index < -0.39 is 6.10 Å². The molecule has 1 atom stereocenters. The Balaban J connectivity index is 2.25. The molecule has 0 fully saturated rings. The lowest BCUT2D eigenvalue weighted by atomic mass is 10.3. The van der Waals surface area contributed by atoms with Gasteiger partial charge in [0.25, 0.3) is 0 Å². The average Bonchev–Trinajstić information content (AvgIpc) is 2.35. The quantitative estimate of drug-likeness (QED) is 0.636. The van der Waals surface area contributed by atoms with Crippen molar-refractivity contribution >= 4 is 28.5 Å². The molecule has 1 aromatic carbocycles. The molecule has 0 radical (unpaired) electrons. The van der Waals surface area contributed by atoms with Gasteiger partial charge in [-0.25, -0.2) is 0 Å². The SMILES string of the molecule is NCC(=O)NCC(O)COc1ccc(I)cc1. The van der Waals surface area contributed by atoms with Crippen molar-refractivity contribution in [2.45, 2.75) is 6.10 Å². The van der Waals surface area contributed by atoms with Crippen LogP contribution in [0.3, 0.4) is 0 Å². The zero-order valence-electron chi connectivity index (χ0n) is 9.23. The molecule has 0 aromatic heterocycles. The van der Waals surface area contributed by atoms with Gasteiger partial charge in [-0.3, -0.25) is 4.79 Å². The van der Waals surface area contributed by atoms with Crippen LogP contribution in [-0.2, 0) is 4.79 Å². The third kappa shape index (κ3) is 5.85. The first-order valence-electron chi connectivity index (χ1n) is 5.15. The second kappa shape index (κ2) is 7.46. The predicted octanol–water partition coefficient (Wildman–Crippen LogP) is 0.106. The smallest absolute Gasteiger partial charge is 0.233 e. The van der Waals surface area contributed by atoms with E-state index in [2.05, 4.69) is 27.9 Å². The summed E-state index contributed by atoms with van der Waals surface area (Å²) in [5.41, 5.74) is 5.11. The number of hydrogen-bond donors (Lipinski definition) is 3. The van der Waals surface area contributed by atoms with Gasteiger partial charge in [-0.2, -0.15) is 0 Å². The number of halogens is 1. The maximum Gasteiger partial charge on any atom is 0.233 e. The van der Waals surface area contributed by atoms with Gasteiger partial charge >= 0.3 is 0 Å². The fourth-order valence-electron chi connectivity index (χ4n) is 1.09. The number of rotatable bonds is 6. The molecular formula is C11H15IN2O3. The number of ether oxygens (including phenoxy) is 1. The highest BCUT2D eigenvalue weighted by molar-refractivity contribution is 14.1. The second-order valence-electron chi connectivity index (χ2n) is 3.43. The van der Waals surface area contributed by atoms with E-state index in [0.29, 0.717) is 5.75 Å². The number of nitrogens with two attached hydrogens (primary N) is 1. The Kier molecular flexibility index (Phi) is 6.23. The molecule has 94 valence electrons. The van der Waals surface area contributed by atoms with E-state index in [1.807, 2.05) is 24.3 Å². The lowest BCUT2D eigenvalue weighted by Crippen LogP contribution is -2.38. The van der Waals surface area contributed by atoms with Crippen molar-refractivity contribution in [1.82, 2.24) is 5.32 Å². The van der Waals surface area contributed by atoms with Gasteiger partial charge in [-0.15, -0.1) is 0 Å². The Bertz CT molecular complexity index is 356. The van der Waals surface area contributed by atoms with Gasteiger partial charge in [0.15, 0.2) is 0 Å². The molecule has 0 bridgehead atoms. The first kappa shape index (κ1) is 14.2. The number of aliphatic hydroxyl groups excluding tert-OH is 1. The molecule has 0 aliphatic rings. The maximum atomic E-state index is 10.8. The number of carbonyl (C=O) groups is 1. The minimum Gasteiger partial charge on any atom is -0.491 e. The molecule has 0 aliphatic heterocycles. The summed E-state index contributed by atoms with van der Waals surface area (Å²) in [5, 5.41) is 12.0. The van der Waals surface area contributed by atoms with E-state index in [0.717, 1.165) is 3.57 Å². The average molecular weight is 350 g/mol. The third-order valence-corrected chi connectivity index (χ3v) is 2.70. The summed E-state index contributed by atoms with van der Waals surface area (Å²) in [5.74, 6) is 0.396. The molecule has 0 heterocycles. The van der Waals surface area contributed by atoms with Crippen molar-refractivity contribution in [2.75, 3.05) is 19.7 Å². The number of carbonyl (C=O) groups excluding carboxylic acids is 1. The minimum atomic E-state index is -0.746. The van der Waals surface area contributed by atoms with E-state index in [1.165, 1.54) is 0 Å². The molecule has 6 heteroatoms. The van der Waals surface area contributed by atoms with Crippen LogP contribution in [0.5, 0.6) is 5.75 Å². The Labute approximate surface area is 113 Å². The summed E-state index contributed by atoms with van der Waals surface area (Å²) < 4.78 is 6.47. The molecule has 0 aliphatic carbocycles. The molecule has 4 N–H and O–H groups in total. The number of nitrogens with one attached hydrogen (secondary N) is 1. The zero-order chi connectivity index (χ0) is 12.7. The van der Waals surface area contributed by atoms with Crippen LogP contribution < -0.4 is 15.8 Å². The van der Waals surface area contributed by atoms with Crippen molar-refractivity contribution < 1.29 is 14.6 Å². The fourth-order valence-corrected chi connectivity index (χ4v) is 1.45. The Hall–Kier alpha value is -0.860. The first-order chi connectivity index (χ1) is 8.11. The third-order valence-electron chi connectivity index (χ3n) is 1.98. The molecule has 0 spiro atoms. The molecule has 1 amide bonds. The van der Waals surface area contributed by atoms with Crippen LogP contribution in [0.4, 0.5) is 0 Å². The Morgan fingerprint density at radius 1 is 1.47 bits per heavy atom. The molecule has 1 unspecified atom stereocenters. The highest BCUT2D eigenvalue weighted by Gasteiger charge is 2.06. The summed E-state index contributed by atoms with van der Waals surface area (Å²) >= 11 is 2.20. The highest BCUT2D eigenvalue weighted by atomic mass is 127. The normalized spacial score (nSPS) is 11.9. The summed E-state index contributed by atoms with van der Waals surface area (Å²) in [4.78, 5) is 10.8. The van der Waals surface area contributed by atoms with Crippen LogP contribution in [0.1, 0.15) is 0 Å². The van der Waals surface area contributed by atoms with E-state index in [-0.39, 0.29) is 25.6 Å². The maximum absolute atomic E-state index is 10.8. The molecule has 0 saturated heterocycles. The molecule has 1 rings (SSSR count). The lowest BCUT2D eigenvalue weighted by molar-refractivity contribution is -0.120.